The number of anilines is 1. The van der Waals surface area contributed by atoms with Crippen molar-refractivity contribution in [1.29, 1.82) is 0 Å². The van der Waals surface area contributed by atoms with Gasteiger partial charge in [-0.1, -0.05) is 35.3 Å². The van der Waals surface area contributed by atoms with Crippen LogP contribution in [0.25, 0.3) is 0 Å². The van der Waals surface area contributed by atoms with E-state index in [0.717, 1.165) is 23.0 Å². The summed E-state index contributed by atoms with van der Waals surface area (Å²) in [5, 5.41) is 5.85. The SMILES string of the molecule is CCCCOc1ccc(Br)cc1C(=O)NC(=S)Nc1cccc(OC)c1. The van der Waals surface area contributed by atoms with Gasteiger partial charge in [-0.2, -0.15) is 0 Å². The van der Waals surface area contributed by atoms with Crippen molar-refractivity contribution < 1.29 is 14.3 Å². The fourth-order valence-electron chi connectivity index (χ4n) is 2.17. The van der Waals surface area contributed by atoms with Crippen LogP contribution < -0.4 is 20.1 Å². The van der Waals surface area contributed by atoms with Crippen LogP contribution in [0, 0.1) is 0 Å². The Morgan fingerprint density at radius 1 is 1.23 bits per heavy atom. The van der Waals surface area contributed by atoms with Crippen molar-refractivity contribution in [3.63, 3.8) is 0 Å². The van der Waals surface area contributed by atoms with E-state index >= 15 is 0 Å². The van der Waals surface area contributed by atoms with Crippen LogP contribution in [-0.2, 0) is 0 Å². The van der Waals surface area contributed by atoms with Gasteiger partial charge in [0.05, 0.1) is 19.3 Å². The van der Waals surface area contributed by atoms with Crippen molar-refractivity contribution in [2.75, 3.05) is 19.0 Å². The van der Waals surface area contributed by atoms with E-state index in [0.29, 0.717) is 23.7 Å². The van der Waals surface area contributed by atoms with Gasteiger partial charge in [0.2, 0.25) is 0 Å². The third-order valence-corrected chi connectivity index (χ3v) is 4.19. The zero-order valence-corrected chi connectivity index (χ0v) is 17.1. The number of thiocarbonyl (C=S) groups is 1. The molecule has 0 spiro atoms. The van der Waals surface area contributed by atoms with Crippen LogP contribution in [0.2, 0.25) is 0 Å². The fourth-order valence-corrected chi connectivity index (χ4v) is 2.74. The zero-order valence-electron chi connectivity index (χ0n) is 14.7. The van der Waals surface area contributed by atoms with Gasteiger partial charge < -0.3 is 14.8 Å². The van der Waals surface area contributed by atoms with E-state index in [2.05, 4.69) is 33.5 Å². The largest absolute Gasteiger partial charge is 0.497 e. The van der Waals surface area contributed by atoms with E-state index in [1.54, 1.807) is 25.3 Å². The lowest BCUT2D eigenvalue weighted by molar-refractivity contribution is 0.0973. The van der Waals surface area contributed by atoms with Crippen LogP contribution in [0.3, 0.4) is 0 Å². The molecule has 0 atom stereocenters. The molecule has 2 aromatic carbocycles. The normalized spacial score (nSPS) is 10.1. The first-order valence-electron chi connectivity index (χ1n) is 8.22. The first kappa shape index (κ1) is 20.2. The van der Waals surface area contributed by atoms with Gasteiger partial charge in [0, 0.05) is 16.2 Å². The molecule has 26 heavy (non-hydrogen) atoms. The van der Waals surface area contributed by atoms with Crippen LogP contribution in [0.1, 0.15) is 30.1 Å². The molecule has 0 aliphatic carbocycles. The Morgan fingerprint density at radius 3 is 2.77 bits per heavy atom. The Morgan fingerprint density at radius 2 is 2.04 bits per heavy atom. The van der Waals surface area contributed by atoms with Gasteiger partial charge in [-0.25, -0.2) is 0 Å². The third kappa shape index (κ3) is 6.00. The Hall–Kier alpha value is -2.12. The van der Waals surface area contributed by atoms with E-state index in [4.69, 9.17) is 21.7 Å². The highest BCUT2D eigenvalue weighted by atomic mass is 79.9. The number of rotatable bonds is 7. The van der Waals surface area contributed by atoms with Gasteiger partial charge in [0.15, 0.2) is 5.11 Å². The molecular formula is C19H21BrN2O3S. The lowest BCUT2D eigenvalue weighted by Crippen LogP contribution is -2.34. The minimum atomic E-state index is -0.335. The number of amides is 1. The minimum absolute atomic E-state index is 0.197. The molecule has 0 aromatic heterocycles. The fraction of sp³-hybridized carbons (Fsp3) is 0.263. The number of unbranched alkanes of at least 4 members (excludes halogenated alkanes) is 1. The van der Waals surface area contributed by atoms with Gasteiger partial charge >= 0.3 is 0 Å². The molecule has 0 saturated heterocycles. The summed E-state index contributed by atoms with van der Waals surface area (Å²) in [5.74, 6) is 0.893. The van der Waals surface area contributed by atoms with Crippen LogP contribution in [0.5, 0.6) is 11.5 Å². The van der Waals surface area contributed by atoms with Gasteiger partial charge in [0.1, 0.15) is 11.5 Å². The first-order valence-corrected chi connectivity index (χ1v) is 9.42. The van der Waals surface area contributed by atoms with Crippen molar-refractivity contribution in [2.24, 2.45) is 0 Å². The lowest BCUT2D eigenvalue weighted by Gasteiger charge is -2.14. The predicted octanol–water partition coefficient (Wildman–Crippen LogP) is 4.76. The van der Waals surface area contributed by atoms with Crippen molar-refractivity contribution in [2.45, 2.75) is 19.8 Å². The average Bonchev–Trinajstić information content (AvgIpc) is 2.63. The van der Waals surface area contributed by atoms with Crippen LogP contribution >= 0.6 is 28.1 Å². The predicted molar refractivity (Wildman–Crippen MR) is 111 cm³/mol. The minimum Gasteiger partial charge on any atom is -0.497 e. The summed E-state index contributed by atoms with van der Waals surface area (Å²) in [6, 6.07) is 12.6. The second kappa shape index (κ2) is 10.1. The zero-order chi connectivity index (χ0) is 18.9. The number of methoxy groups -OCH3 is 1. The van der Waals surface area contributed by atoms with Crippen molar-refractivity contribution in [3.8, 4) is 11.5 Å². The molecule has 5 nitrogen and oxygen atoms in total. The Balaban J connectivity index is 2.06. The second-order valence-electron chi connectivity index (χ2n) is 5.48. The molecule has 2 N–H and O–H groups in total. The number of nitrogens with one attached hydrogen (secondary N) is 2. The molecule has 0 aliphatic heterocycles. The van der Waals surface area contributed by atoms with Crippen molar-refractivity contribution >= 4 is 44.9 Å². The van der Waals surface area contributed by atoms with E-state index in [1.807, 2.05) is 24.3 Å². The highest BCUT2D eigenvalue weighted by Gasteiger charge is 2.15. The molecule has 2 rings (SSSR count). The highest BCUT2D eigenvalue weighted by molar-refractivity contribution is 9.10. The molecule has 0 radical (unpaired) electrons. The van der Waals surface area contributed by atoms with Crippen LogP contribution in [0.15, 0.2) is 46.9 Å². The summed E-state index contributed by atoms with van der Waals surface area (Å²) in [6.07, 6.45) is 1.94. The topological polar surface area (TPSA) is 59.6 Å². The summed E-state index contributed by atoms with van der Waals surface area (Å²) in [7, 11) is 1.59. The number of hydrogen-bond donors (Lipinski definition) is 2. The standard InChI is InChI=1S/C19H21BrN2O3S/c1-3-4-10-25-17-9-8-13(20)11-16(17)18(23)22-19(26)21-14-6-5-7-15(12-14)24-2/h5-9,11-12H,3-4,10H2,1-2H3,(H2,21,22,23,26). The third-order valence-electron chi connectivity index (χ3n) is 3.50. The molecule has 0 aliphatic rings. The Kier molecular flexibility index (Phi) is 7.87. The number of hydrogen-bond acceptors (Lipinski definition) is 4. The van der Waals surface area contributed by atoms with Gasteiger partial charge in [-0.15, -0.1) is 0 Å². The smallest absolute Gasteiger partial charge is 0.261 e. The summed E-state index contributed by atoms with van der Waals surface area (Å²) in [4.78, 5) is 12.6. The summed E-state index contributed by atoms with van der Waals surface area (Å²) in [6.45, 7) is 2.65. The highest BCUT2D eigenvalue weighted by Crippen LogP contribution is 2.24. The van der Waals surface area contributed by atoms with Gasteiger partial charge in [-0.05, 0) is 49.0 Å². The number of carbonyl (C=O) groups is 1. The maximum absolute atomic E-state index is 12.6. The summed E-state index contributed by atoms with van der Waals surface area (Å²) >= 11 is 8.62. The van der Waals surface area contributed by atoms with E-state index in [1.165, 1.54) is 0 Å². The molecular weight excluding hydrogens is 416 g/mol. The lowest BCUT2D eigenvalue weighted by atomic mass is 10.2. The van der Waals surface area contributed by atoms with Crippen molar-refractivity contribution in [1.82, 2.24) is 5.32 Å². The van der Waals surface area contributed by atoms with E-state index in [9.17, 15) is 4.79 Å². The second-order valence-corrected chi connectivity index (χ2v) is 6.81. The number of ether oxygens (including phenoxy) is 2. The number of halogens is 1. The quantitative estimate of drug-likeness (QED) is 0.483. The van der Waals surface area contributed by atoms with Gasteiger partial charge in [-0.3, -0.25) is 10.1 Å². The maximum atomic E-state index is 12.6. The molecule has 1 amide bonds. The molecule has 0 fully saturated rings. The summed E-state index contributed by atoms with van der Waals surface area (Å²) < 4.78 is 11.7. The van der Waals surface area contributed by atoms with Crippen molar-refractivity contribution in [3.05, 3.63) is 52.5 Å². The average molecular weight is 437 g/mol. The van der Waals surface area contributed by atoms with Crippen LogP contribution in [-0.4, -0.2) is 24.7 Å². The number of benzene rings is 2. The molecule has 0 unspecified atom stereocenters. The maximum Gasteiger partial charge on any atom is 0.261 e. The summed E-state index contributed by atoms with van der Waals surface area (Å²) in [5.41, 5.74) is 1.15. The molecule has 0 saturated carbocycles. The molecule has 0 heterocycles. The number of carbonyl (C=O) groups excluding carboxylic acids is 1. The van der Waals surface area contributed by atoms with Crippen LogP contribution in [0.4, 0.5) is 5.69 Å². The van der Waals surface area contributed by atoms with E-state index in [-0.39, 0.29) is 11.0 Å². The van der Waals surface area contributed by atoms with Gasteiger partial charge in [0.25, 0.3) is 5.91 Å². The molecule has 7 heteroatoms. The molecule has 2 aromatic rings. The first-order chi connectivity index (χ1) is 12.5. The van der Waals surface area contributed by atoms with E-state index < -0.39 is 0 Å². The monoisotopic (exact) mass is 436 g/mol. The molecule has 138 valence electrons. The Bertz CT molecular complexity index is 783. The molecule has 0 bridgehead atoms. The Labute approximate surface area is 167 Å².